The molecule has 1 amide bonds. The number of carbonyl (C=O) groups is 2. The Kier molecular flexibility index (Phi) is 7.77. The zero-order chi connectivity index (χ0) is 24.8. The summed E-state index contributed by atoms with van der Waals surface area (Å²) in [4.78, 5) is 24.7. The summed E-state index contributed by atoms with van der Waals surface area (Å²) in [6.07, 6.45) is 1.54. The van der Waals surface area contributed by atoms with E-state index in [1.54, 1.807) is 37.3 Å². The third-order valence-corrected chi connectivity index (χ3v) is 5.42. The zero-order valence-corrected chi connectivity index (χ0v) is 20.1. The van der Waals surface area contributed by atoms with E-state index < -0.39 is 5.91 Å². The number of aryl methyl sites for hydroxylation is 1. The maximum absolute atomic E-state index is 12.8. The van der Waals surface area contributed by atoms with E-state index in [1.807, 2.05) is 42.7 Å². The van der Waals surface area contributed by atoms with Gasteiger partial charge in [0.25, 0.3) is 5.91 Å². The highest BCUT2D eigenvalue weighted by atomic mass is 35.5. The minimum Gasteiger partial charge on any atom is -0.495 e. The van der Waals surface area contributed by atoms with Crippen LogP contribution in [0.25, 0.3) is 11.8 Å². The molecule has 1 aromatic heterocycles. The Balaban J connectivity index is 1.90. The first kappa shape index (κ1) is 24.6. The Morgan fingerprint density at radius 1 is 1.15 bits per heavy atom. The minimum atomic E-state index is -0.577. The summed E-state index contributed by atoms with van der Waals surface area (Å²) in [5, 5.41) is 12.8. The molecule has 0 aliphatic heterocycles. The summed E-state index contributed by atoms with van der Waals surface area (Å²) < 4.78 is 12.3. The summed E-state index contributed by atoms with van der Waals surface area (Å²) in [5.74, 6) is -0.522. The number of benzene rings is 2. The molecule has 0 saturated heterocycles. The molecule has 0 unspecified atom stereocenters. The first-order valence-electron chi connectivity index (χ1n) is 10.5. The Labute approximate surface area is 203 Å². The molecule has 0 bridgehead atoms. The van der Waals surface area contributed by atoms with Crippen LogP contribution >= 0.6 is 11.6 Å². The maximum atomic E-state index is 12.8. The van der Waals surface area contributed by atoms with Gasteiger partial charge in [0.2, 0.25) is 0 Å². The van der Waals surface area contributed by atoms with E-state index in [0.29, 0.717) is 28.6 Å². The van der Waals surface area contributed by atoms with Gasteiger partial charge in [0.05, 0.1) is 25.0 Å². The molecule has 0 aliphatic rings. The molecule has 174 valence electrons. The highest BCUT2D eigenvalue weighted by molar-refractivity contribution is 6.31. The molecule has 7 nitrogen and oxygen atoms in total. The number of rotatable bonds is 7. The number of amides is 1. The molecule has 1 heterocycles. The SMILES string of the molecule is CCOC(=O)c1ccc(-n2c(C)cc(/C=C(\C#N)C(=O)Nc3cc(Cl)ccc3OC)c2C)cc1. The monoisotopic (exact) mass is 477 g/mol. The first-order chi connectivity index (χ1) is 16.3. The molecule has 0 fully saturated rings. The van der Waals surface area contributed by atoms with Gasteiger partial charge in [-0.3, -0.25) is 4.79 Å². The van der Waals surface area contributed by atoms with Crippen LogP contribution in [0.4, 0.5) is 5.69 Å². The van der Waals surface area contributed by atoms with Gasteiger partial charge in [-0.15, -0.1) is 0 Å². The van der Waals surface area contributed by atoms with Crippen LogP contribution < -0.4 is 10.1 Å². The molecule has 2 aromatic carbocycles. The van der Waals surface area contributed by atoms with Crippen molar-refractivity contribution in [2.24, 2.45) is 0 Å². The maximum Gasteiger partial charge on any atom is 0.338 e. The standard InChI is InChI=1S/C26H24ClN3O4/c1-5-34-26(32)18-6-9-22(10-7-18)30-16(2)12-19(17(30)3)13-20(15-28)25(31)29-23-14-21(27)8-11-24(23)33-4/h6-14H,5H2,1-4H3,(H,29,31)/b20-13+. The van der Waals surface area contributed by atoms with Crippen LogP contribution in [-0.4, -0.2) is 30.2 Å². The molecule has 0 saturated carbocycles. The minimum absolute atomic E-state index is 0.0695. The summed E-state index contributed by atoms with van der Waals surface area (Å²) in [7, 11) is 1.48. The van der Waals surface area contributed by atoms with Crippen LogP contribution in [0, 0.1) is 25.2 Å². The number of ether oxygens (including phenoxy) is 2. The van der Waals surface area contributed by atoms with E-state index in [9.17, 15) is 14.9 Å². The number of methoxy groups -OCH3 is 1. The van der Waals surface area contributed by atoms with Crippen molar-refractivity contribution in [2.45, 2.75) is 20.8 Å². The number of nitrogens with zero attached hydrogens (tertiary/aromatic N) is 2. The van der Waals surface area contributed by atoms with Crippen molar-refractivity contribution in [2.75, 3.05) is 19.0 Å². The lowest BCUT2D eigenvalue weighted by Gasteiger charge is -2.11. The number of anilines is 1. The molecule has 3 aromatic rings. The summed E-state index contributed by atoms with van der Waals surface area (Å²) in [6.45, 7) is 5.89. The topological polar surface area (TPSA) is 93.4 Å². The van der Waals surface area contributed by atoms with Gasteiger partial charge >= 0.3 is 5.97 Å². The van der Waals surface area contributed by atoms with Gasteiger partial charge in [0, 0.05) is 22.1 Å². The van der Waals surface area contributed by atoms with E-state index in [2.05, 4.69) is 5.32 Å². The molecule has 0 radical (unpaired) electrons. The molecule has 3 rings (SSSR count). The fraction of sp³-hybridized carbons (Fsp3) is 0.192. The van der Waals surface area contributed by atoms with Crippen LogP contribution in [0.3, 0.4) is 0 Å². The number of nitriles is 1. The lowest BCUT2D eigenvalue weighted by molar-refractivity contribution is -0.112. The lowest BCUT2D eigenvalue weighted by Crippen LogP contribution is -2.14. The molecule has 34 heavy (non-hydrogen) atoms. The zero-order valence-electron chi connectivity index (χ0n) is 19.3. The Bertz CT molecular complexity index is 1300. The number of aromatic nitrogens is 1. The Morgan fingerprint density at radius 2 is 1.85 bits per heavy atom. The van der Waals surface area contributed by atoms with Gasteiger partial charge in [-0.05, 0) is 80.9 Å². The van der Waals surface area contributed by atoms with E-state index in [-0.39, 0.29) is 11.5 Å². The van der Waals surface area contributed by atoms with Crippen LogP contribution in [-0.2, 0) is 9.53 Å². The van der Waals surface area contributed by atoms with Gasteiger partial charge in [0.1, 0.15) is 17.4 Å². The second-order valence-electron chi connectivity index (χ2n) is 7.40. The summed E-state index contributed by atoms with van der Waals surface area (Å²) >= 11 is 6.03. The second kappa shape index (κ2) is 10.7. The largest absolute Gasteiger partial charge is 0.495 e. The van der Waals surface area contributed by atoms with Crippen molar-refractivity contribution in [3.8, 4) is 17.5 Å². The number of hydrogen-bond donors (Lipinski definition) is 1. The van der Waals surface area contributed by atoms with Gasteiger partial charge in [-0.1, -0.05) is 11.6 Å². The van der Waals surface area contributed by atoms with Crippen LogP contribution in [0.5, 0.6) is 5.75 Å². The molecular weight excluding hydrogens is 454 g/mol. The van der Waals surface area contributed by atoms with Crippen molar-refractivity contribution >= 4 is 35.2 Å². The summed E-state index contributed by atoms with van der Waals surface area (Å²) in [6, 6.07) is 15.7. The molecule has 0 spiro atoms. The molecule has 0 atom stereocenters. The van der Waals surface area contributed by atoms with Crippen LogP contribution in [0.15, 0.2) is 54.1 Å². The smallest absolute Gasteiger partial charge is 0.338 e. The van der Waals surface area contributed by atoms with Gasteiger partial charge in [-0.25, -0.2) is 4.79 Å². The second-order valence-corrected chi connectivity index (χ2v) is 7.83. The van der Waals surface area contributed by atoms with Crippen molar-refractivity contribution in [3.63, 3.8) is 0 Å². The fourth-order valence-electron chi connectivity index (χ4n) is 3.56. The number of nitrogens with one attached hydrogen (secondary N) is 1. The average molecular weight is 478 g/mol. The van der Waals surface area contributed by atoms with Crippen molar-refractivity contribution in [1.82, 2.24) is 4.57 Å². The summed E-state index contributed by atoms with van der Waals surface area (Å²) in [5.41, 5.74) is 4.07. The lowest BCUT2D eigenvalue weighted by atomic mass is 10.1. The quantitative estimate of drug-likeness (QED) is 0.276. The molecule has 0 aliphatic carbocycles. The Morgan fingerprint density at radius 3 is 2.47 bits per heavy atom. The molecule has 8 heteroatoms. The highest BCUT2D eigenvalue weighted by Gasteiger charge is 2.16. The number of hydrogen-bond acceptors (Lipinski definition) is 5. The van der Waals surface area contributed by atoms with Crippen molar-refractivity contribution in [1.29, 1.82) is 5.26 Å². The van der Waals surface area contributed by atoms with Gasteiger partial charge in [0.15, 0.2) is 0 Å². The van der Waals surface area contributed by atoms with Crippen LogP contribution in [0.1, 0.15) is 34.2 Å². The van der Waals surface area contributed by atoms with E-state index >= 15 is 0 Å². The predicted octanol–water partition coefficient (Wildman–Crippen LogP) is 5.48. The molecular formula is C26H24ClN3O4. The average Bonchev–Trinajstić information content (AvgIpc) is 3.10. The molecule has 1 N–H and O–H groups in total. The number of esters is 1. The van der Waals surface area contributed by atoms with E-state index in [0.717, 1.165) is 22.6 Å². The highest BCUT2D eigenvalue weighted by Crippen LogP contribution is 2.29. The van der Waals surface area contributed by atoms with E-state index in [1.165, 1.54) is 13.2 Å². The van der Waals surface area contributed by atoms with Crippen molar-refractivity contribution in [3.05, 3.63) is 81.6 Å². The number of carbonyl (C=O) groups excluding carboxylic acids is 2. The van der Waals surface area contributed by atoms with Crippen molar-refractivity contribution < 1.29 is 19.1 Å². The third-order valence-electron chi connectivity index (χ3n) is 5.18. The van der Waals surface area contributed by atoms with Gasteiger partial charge < -0.3 is 19.4 Å². The Hall–Kier alpha value is -4.02. The van der Waals surface area contributed by atoms with Crippen LogP contribution in [0.2, 0.25) is 5.02 Å². The predicted molar refractivity (Wildman–Crippen MR) is 131 cm³/mol. The van der Waals surface area contributed by atoms with E-state index in [4.69, 9.17) is 21.1 Å². The third kappa shape index (κ3) is 5.30. The normalized spacial score (nSPS) is 11.0. The number of halogens is 1. The van der Waals surface area contributed by atoms with Gasteiger partial charge in [-0.2, -0.15) is 5.26 Å². The fourth-order valence-corrected chi connectivity index (χ4v) is 3.74. The first-order valence-corrected chi connectivity index (χ1v) is 10.9.